The molecule has 0 saturated heterocycles. The predicted octanol–water partition coefficient (Wildman–Crippen LogP) is 2.06. The lowest BCUT2D eigenvalue weighted by Crippen LogP contribution is -2.46. The Morgan fingerprint density at radius 2 is 1.68 bits per heavy atom. The van der Waals surface area contributed by atoms with Gasteiger partial charge in [-0.1, -0.05) is 37.3 Å². The Hall–Kier alpha value is -2.58. The third-order valence-corrected chi connectivity index (χ3v) is 5.92. The van der Waals surface area contributed by atoms with E-state index in [-0.39, 0.29) is 13.1 Å². The molecule has 2 aromatic carbocycles. The van der Waals surface area contributed by atoms with Gasteiger partial charge in [0.25, 0.3) is 0 Å². The molecule has 2 aromatic rings. The van der Waals surface area contributed by atoms with Gasteiger partial charge in [0.2, 0.25) is 5.91 Å². The molecule has 0 aliphatic heterocycles. The minimum Gasteiger partial charge on any atom is -0.492 e. The third-order valence-electron chi connectivity index (χ3n) is 4.10. The molecule has 0 fully saturated rings. The number of hydrogen-bond donors (Lipinski definition) is 1. The Labute approximate surface area is 167 Å². The van der Waals surface area contributed by atoms with Crippen LogP contribution in [0.25, 0.3) is 0 Å². The van der Waals surface area contributed by atoms with Crippen molar-refractivity contribution >= 4 is 21.8 Å². The van der Waals surface area contributed by atoms with Crippen molar-refractivity contribution in [3.05, 3.63) is 60.2 Å². The van der Waals surface area contributed by atoms with Crippen LogP contribution in [0.15, 0.2) is 54.6 Å². The molecule has 0 atom stereocenters. The second-order valence-corrected chi connectivity index (χ2v) is 8.40. The summed E-state index contributed by atoms with van der Waals surface area (Å²) in [5.74, 6) is 0.326. The van der Waals surface area contributed by atoms with E-state index in [1.54, 1.807) is 30.3 Å². The van der Waals surface area contributed by atoms with Crippen LogP contribution in [-0.2, 0) is 21.4 Å². The Morgan fingerprint density at radius 3 is 2.25 bits per heavy atom. The Balaban J connectivity index is 1.91. The quantitative estimate of drug-likeness (QED) is 0.614. The van der Waals surface area contributed by atoms with Crippen LogP contribution < -0.4 is 14.4 Å². The molecular weight excluding hydrogens is 378 g/mol. The summed E-state index contributed by atoms with van der Waals surface area (Å²) >= 11 is 0. The first-order valence-electron chi connectivity index (χ1n) is 9.08. The van der Waals surface area contributed by atoms with Crippen LogP contribution in [0.3, 0.4) is 0 Å². The van der Waals surface area contributed by atoms with Gasteiger partial charge in [0.05, 0.1) is 12.2 Å². The first kappa shape index (κ1) is 21.7. The number of rotatable bonds is 10. The van der Waals surface area contributed by atoms with Crippen molar-refractivity contribution in [2.75, 3.05) is 38.1 Å². The zero-order valence-electron chi connectivity index (χ0n) is 16.5. The average Bonchev–Trinajstić information content (AvgIpc) is 2.70. The normalized spacial score (nSPS) is 11.3. The molecule has 0 saturated carbocycles. The van der Waals surface area contributed by atoms with Crippen LogP contribution >= 0.6 is 0 Å². The molecule has 1 amide bonds. The van der Waals surface area contributed by atoms with Gasteiger partial charge in [0.15, 0.2) is 0 Å². The molecule has 0 spiro atoms. The van der Waals surface area contributed by atoms with Crippen LogP contribution in [0.5, 0.6) is 5.75 Å². The summed E-state index contributed by atoms with van der Waals surface area (Å²) in [5, 5.41) is 2.70. The molecule has 0 bridgehead atoms. The molecule has 8 heteroatoms. The van der Waals surface area contributed by atoms with Gasteiger partial charge < -0.3 is 10.1 Å². The fourth-order valence-electron chi connectivity index (χ4n) is 2.46. The highest BCUT2D eigenvalue weighted by molar-refractivity contribution is 7.90. The minimum atomic E-state index is -3.79. The first-order chi connectivity index (χ1) is 13.3. The van der Waals surface area contributed by atoms with Crippen molar-refractivity contribution in [2.45, 2.75) is 13.3 Å². The number of ether oxygens (including phenoxy) is 1. The topological polar surface area (TPSA) is 79.0 Å². The van der Waals surface area contributed by atoms with Gasteiger partial charge in [-0.15, -0.1) is 0 Å². The van der Waals surface area contributed by atoms with Gasteiger partial charge in [-0.05, 0) is 36.2 Å². The molecule has 1 N–H and O–H groups in total. The van der Waals surface area contributed by atoms with E-state index >= 15 is 0 Å². The molecule has 0 aliphatic rings. The second-order valence-electron chi connectivity index (χ2n) is 6.33. The number of nitrogens with one attached hydrogen (secondary N) is 1. The molecule has 0 aliphatic carbocycles. The van der Waals surface area contributed by atoms with Crippen molar-refractivity contribution in [1.29, 1.82) is 0 Å². The predicted molar refractivity (Wildman–Crippen MR) is 111 cm³/mol. The maximum Gasteiger partial charge on any atom is 0.304 e. The number of para-hydroxylation sites is 1. The fraction of sp³-hybridized carbons (Fsp3) is 0.350. The van der Waals surface area contributed by atoms with E-state index < -0.39 is 16.1 Å². The number of amides is 1. The summed E-state index contributed by atoms with van der Waals surface area (Å²) in [6.45, 7) is 2.35. The van der Waals surface area contributed by atoms with Crippen molar-refractivity contribution in [2.24, 2.45) is 0 Å². The Kier molecular flexibility index (Phi) is 7.83. The van der Waals surface area contributed by atoms with Crippen LogP contribution in [-0.4, -0.2) is 52.4 Å². The summed E-state index contributed by atoms with van der Waals surface area (Å²) in [6, 6.07) is 16.3. The molecule has 7 nitrogen and oxygen atoms in total. The molecule has 0 aromatic heterocycles. The molecule has 0 unspecified atom stereocenters. The summed E-state index contributed by atoms with van der Waals surface area (Å²) in [6.07, 6.45) is 0.962. The van der Waals surface area contributed by atoms with E-state index in [1.165, 1.54) is 19.7 Å². The molecule has 0 heterocycles. The largest absolute Gasteiger partial charge is 0.492 e. The van der Waals surface area contributed by atoms with E-state index in [9.17, 15) is 13.2 Å². The van der Waals surface area contributed by atoms with Crippen LogP contribution in [0.2, 0.25) is 0 Å². The van der Waals surface area contributed by atoms with Crippen LogP contribution in [0.4, 0.5) is 5.69 Å². The summed E-state index contributed by atoms with van der Waals surface area (Å²) < 4.78 is 32.9. The molecular formula is C20H27N3O4S. The summed E-state index contributed by atoms with van der Waals surface area (Å²) in [7, 11) is -0.930. The highest BCUT2D eigenvalue weighted by atomic mass is 32.2. The standard InChI is InChI=1S/C20H27N3O4S/c1-4-17-10-12-19(13-11-17)27-15-14-21-20(24)16-23(28(25,26)22(2)3)18-8-6-5-7-9-18/h5-13H,4,14-16H2,1-3H3,(H,21,24). The zero-order valence-corrected chi connectivity index (χ0v) is 17.3. The van der Waals surface area contributed by atoms with Gasteiger partial charge in [0.1, 0.15) is 18.9 Å². The number of benzene rings is 2. The van der Waals surface area contributed by atoms with Gasteiger partial charge in [-0.3, -0.25) is 4.79 Å². The van der Waals surface area contributed by atoms with E-state index in [0.717, 1.165) is 20.8 Å². The minimum absolute atomic E-state index is 0.277. The first-order valence-corrected chi connectivity index (χ1v) is 10.5. The number of aryl methyl sites for hydroxylation is 1. The second kappa shape index (κ2) is 10.1. The summed E-state index contributed by atoms with van der Waals surface area (Å²) in [4.78, 5) is 12.3. The van der Waals surface area contributed by atoms with E-state index in [0.29, 0.717) is 12.3 Å². The highest BCUT2D eigenvalue weighted by Gasteiger charge is 2.26. The lowest BCUT2D eigenvalue weighted by atomic mass is 10.2. The van der Waals surface area contributed by atoms with Gasteiger partial charge in [-0.2, -0.15) is 12.7 Å². The average molecular weight is 406 g/mol. The summed E-state index contributed by atoms with van der Waals surface area (Å²) in [5.41, 5.74) is 1.65. The number of carbonyl (C=O) groups excluding carboxylic acids is 1. The molecule has 152 valence electrons. The van der Waals surface area contributed by atoms with Gasteiger partial charge >= 0.3 is 10.2 Å². The fourth-order valence-corrected chi connectivity index (χ4v) is 3.53. The van der Waals surface area contributed by atoms with E-state index in [2.05, 4.69) is 12.2 Å². The molecule has 0 radical (unpaired) electrons. The highest BCUT2D eigenvalue weighted by Crippen LogP contribution is 2.18. The SMILES string of the molecule is CCc1ccc(OCCNC(=O)CN(c2ccccc2)S(=O)(=O)N(C)C)cc1. The third kappa shape index (κ3) is 5.97. The van der Waals surface area contributed by atoms with E-state index in [1.807, 2.05) is 24.3 Å². The zero-order chi connectivity index (χ0) is 20.6. The Morgan fingerprint density at radius 1 is 1.04 bits per heavy atom. The number of nitrogens with zero attached hydrogens (tertiary/aromatic N) is 2. The van der Waals surface area contributed by atoms with E-state index in [4.69, 9.17) is 4.74 Å². The maximum atomic E-state index is 12.6. The van der Waals surface area contributed by atoms with Crippen molar-refractivity contribution in [1.82, 2.24) is 9.62 Å². The molecule has 2 rings (SSSR count). The number of hydrogen-bond acceptors (Lipinski definition) is 4. The van der Waals surface area contributed by atoms with Crippen LogP contribution in [0, 0.1) is 0 Å². The number of anilines is 1. The van der Waals surface area contributed by atoms with Crippen molar-refractivity contribution < 1.29 is 17.9 Å². The Bertz CT molecular complexity index is 853. The van der Waals surface area contributed by atoms with Gasteiger partial charge in [-0.25, -0.2) is 4.31 Å². The lowest BCUT2D eigenvalue weighted by molar-refractivity contribution is -0.119. The maximum absolute atomic E-state index is 12.6. The smallest absolute Gasteiger partial charge is 0.304 e. The monoisotopic (exact) mass is 405 g/mol. The van der Waals surface area contributed by atoms with Gasteiger partial charge in [0, 0.05) is 14.1 Å². The van der Waals surface area contributed by atoms with Crippen molar-refractivity contribution in [3.8, 4) is 5.75 Å². The number of carbonyl (C=O) groups is 1. The van der Waals surface area contributed by atoms with Crippen molar-refractivity contribution in [3.63, 3.8) is 0 Å². The molecule has 28 heavy (non-hydrogen) atoms. The van der Waals surface area contributed by atoms with Crippen LogP contribution in [0.1, 0.15) is 12.5 Å². The lowest BCUT2D eigenvalue weighted by Gasteiger charge is -2.26.